The van der Waals surface area contributed by atoms with Gasteiger partial charge in [0.2, 0.25) is 0 Å². The number of nitrogens with zero attached hydrogens (tertiary/aromatic N) is 3. The monoisotopic (exact) mass is 263 g/mol. The molecule has 7 heteroatoms. The molecule has 2 rings (SSSR count). The first-order valence-electron chi connectivity index (χ1n) is 5.26. The van der Waals surface area contributed by atoms with Gasteiger partial charge in [0.1, 0.15) is 11.6 Å². The van der Waals surface area contributed by atoms with Crippen molar-refractivity contribution in [3.05, 3.63) is 30.1 Å². The summed E-state index contributed by atoms with van der Waals surface area (Å²) in [5.74, 6) is 0.664. The van der Waals surface area contributed by atoms with Gasteiger partial charge in [0.05, 0.1) is 11.8 Å². The molecule has 0 aliphatic rings. The van der Waals surface area contributed by atoms with Gasteiger partial charge in [-0.2, -0.15) is 0 Å². The summed E-state index contributed by atoms with van der Waals surface area (Å²) in [6, 6.07) is 5.09. The van der Waals surface area contributed by atoms with Crippen molar-refractivity contribution in [3.8, 4) is 0 Å². The van der Waals surface area contributed by atoms with Gasteiger partial charge in [-0.25, -0.2) is 9.97 Å². The minimum Gasteiger partial charge on any atom is -0.387 e. The normalized spacial score (nSPS) is 12.3. The van der Waals surface area contributed by atoms with Gasteiger partial charge in [-0.1, -0.05) is 0 Å². The third-order valence-corrected chi connectivity index (χ3v) is 2.98. The van der Waals surface area contributed by atoms with Gasteiger partial charge in [0.25, 0.3) is 0 Å². The van der Waals surface area contributed by atoms with Gasteiger partial charge in [-0.3, -0.25) is 4.98 Å². The molecular formula is C11H13N5OS. The molecule has 2 aromatic heterocycles. The minimum absolute atomic E-state index is 0.332. The number of aliphatic hydroxyl groups excluding tert-OH is 1. The summed E-state index contributed by atoms with van der Waals surface area (Å²) in [6.07, 6.45) is 1.07. The number of hydrogen-bond acceptors (Lipinski definition) is 7. The maximum Gasteiger partial charge on any atom is 0.196 e. The maximum atomic E-state index is 9.35. The lowest BCUT2D eigenvalue weighted by molar-refractivity contribution is 0.194. The molecule has 5 N–H and O–H groups in total. The topological polar surface area (TPSA) is 111 Å². The Kier molecular flexibility index (Phi) is 3.63. The minimum atomic E-state index is -0.580. The van der Waals surface area contributed by atoms with Crippen LogP contribution in [0.4, 0.5) is 11.6 Å². The number of nitrogen functional groups attached to an aromatic ring is 2. The van der Waals surface area contributed by atoms with E-state index >= 15 is 0 Å². The van der Waals surface area contributed by atoms with E-state index in [4.69, 9.17) is 11.5 Å². The smallest absolute Gasteiger partial charge is 0.196 e. The van der Waals surface area contributed by atoms with E-state index < -0.39 is 6.10 Å². The predicted molar refractivity (Wildman–Crippen MR) is 69.9 cm³/mol. The van der Waals surface area contributed by atoms with Crippen molar-refractivity contribution in [3.63, 3.8) is 0 Å². The molecule has 0 spiro atoms. The first-order valence-corrected chi connectivity index (χ1v) is 6.08. The SMILES string of the molecule is C[C@@H](O)c1ccc(Sc2nc(N)cc(N)n2)cn1. The van der Waals surface area contributed by atoms with Crippen LogP contribution in [0.1, 0.15) is 18.7 Å². The summed E-state index contributed by atoms with van der Waals surface area (Å²) < 4.78 is 0. The van der Waals surface area contributed by atoms with E-state index in [9.17, 15) is 5.11 Å². The highest BCUT2D eigenvalue weighted by molar-refractivity contribution is 7.99. The van der Waals surface area contributed by atoms with Gasteiger partial charge in [0.15, 0.2) is 5.16 Å². The Hall–Kier alpha value is -1.86. The fourth-order valence-electron chi connectivity index (χ4n) is 1.31. The Morgan fingerprint density at radius 3 is 2.39 bits per heavy atom. The summed E-state index contributed by atoms with van der Waals surface area (Å²) in [7, 11) is 0. The molecule has 2 heterocycles. The Labute approximate surface area is 108 Å². The second-order valence-electron chi connectivity index (χ2n) is 3.70. The molecule has 6 nitrogen and oxygen atoms in total. The number of pyridine rings is 1. The lowest BCUT2D eigenvalue weighted by atomic mass is 10.2. The Morgan fingerprint density at radius 1 is 1.22 bits per heavy atom. The number of anilines is 2. The quantitative estimate of drug-likeness (QED) is 0.714. The summed E-state index contributed by atoms with van der Waals surface area (Å²) in [5.41, 5.74) is 11.8. The molecule has 0 saturated carbocycles. The highest BCUT2D eigenvalue weighted by Crippen LogP contribution is 2.25. The van der Waals surface area contributed by atoms with Crippen LogP contribution in [0.3, 0.4) is 0 Å². The number of nitrogens with two attached hydrogens (primary N) is 2. The van der Waals surface area contributed by atoms with Crippen molar-refractivity contribution in [2.75, 3.05) is 11.5 Å². The molecule has 94 valence electrons. The van der Waals surface area contributed by atoms with Gasteiger partial charge < -0.3 is 16.6 Å². The second-order valence-corrected chi connectivity index (χ2v) is 4.74. The Morgan fingerprint density at radius 2 is 1.89 bits per heavy atom. The molecule has 2 aromatic rings. The molecule has 0 amide bonds. The van der Waals surface area contributed by atoms with Crippen molar-refractivity contribution in [2.24, 2.45) is 0 Å². The van der Waals surface area contributed by atoms with Crippen LogP contribution in [0, 0.1) is 0 Å². The fourth-order valence-corrected chi connectivity index (χ4v) is 2.07. The molecule has 0 aromatic carbocycles. The zero-order valence-corrected chi connectivity index (χ0v) is 10.6. The van der Waals surface area contributed by atoms with Gasteiger partial charge in [0, 0.05) is 17.2 Å². The van der Waals surface area contributed by atoms with Crippen LogP contribution in [0.5, 0.6) is 0 Å². The average molecular weight is 263 g/mol. The van der Waals surface area contributed by atoms with Crippen molar-refractivity contribution in [1.82, 2.24) is 15.0 Å². The molecule has 0 radical (unpaired) electrons. The van der Waals surface area contributed by atoms with Crippen LogP contribution in [0.25, 0.3) is 0 Å². The molecular weight excluding hydrogens is 250 g/mol. The summed E-state index contributed by atoms with van der Waals surface area (Å²) in [6.45, 7) is 1.66. The van der Waals surface area contributed by atoms with Crippen LogP contribution >= 0.6 is 11.8 Å². The second kappa shape index (κ2) is 5.19. The van der Waals surface area contributed by atoms with E-state index in [1.165, 1.54) is 17.8 Å². The molecule has 0 unspecified atom stereocenters. The van der Waals surface area contributed by atoms with Gasteiger partial charge in [-0.15, -0.1) is 0 Å². The lowest BCUT2D eigenvalue weighted by Gasteiger charge is -2.05. The van der Waals surface area contributed by atoms with Crippen LogP contribution in [-0.2, 0) is 0 Å². The third kappa shape index (κ3) is 3.08. The number of hydrogen-bond donors (Lipinski definition) is 3. The molecule has 0 saturated heterocycles. The van der Waals surface area contributed by atoms with Crippen molar-refractivity contribution in [1.29, 1.82) is 0 Å². The van der Waals surface area contributed by atoms with Gasteiger partial charge in [-0.05, 0) is 30.8 Å². The first-order chi connectivity index (χ1) is 8.54. The van der Waals surface area contributed by atoms with Crippen molar-refractivity contribution in [2.45, 2.75) is 23.1 Å². The predicted octanol–water partition coefficient (Wildman–Crippen LogP) is 1.24. The lowest BCUT2D eigenvalue weighted by Crippen LogP contribution is -1.99. The van der Waals surface area contributed by atoms with E-state index in [-0.39, 0.29) is 0 Å². The van der Waals surface area contributed by atoms with E-state index in [0.717, 1.165) is 4.90 Å². The van der Waals surface area contributed by atoms with Gasteiger partial charge >= 0.3 is 0 Å². The Bertz CT molecular complexity index is 523. The molecule has 0 bridgehead atoms. The van der Waals surface area contributed by atoms with E-state index in [2.05, 4.69) is 15.0 Å². The summed E-state index contributed by atoms with van der Waals surface area (Å²) in [4.78, 5) is 13.1. The third-order valence-electron chi connectivity index (χ3n) is 2.14. The average Bonchev–Trinajstić information content (AvgIpc) is 2.28. The zero-order chi connectivity index (χ0) is 13.1. The molecule has 0 fully saturated rings. The standard InChI is InChI=1S/C11H13N5OS/c1-6(17)8-3-2-7(5-14-8)18-11-15-9(12)4-10(13)16-11/h2-6,17H,1H3,(H4,12,13,15,16)/t6-/m1/s1. The number of rotatable bonds is 3. The van der Waals surface area contributed by atoms with Crippen molar-refractivity contribution < 1.29 is 5.11 Å². The van der Waals surface area contributed by atoms with E-state index in [1.54, 1.807) is 19.2 Å². The maximum absolute atomic E-state index is 9.35. The zero-order valence-electron chi connectivity index (χ0n) is 9.74. The van der Waals surface area contributed by atoms with Crippen LogP contribution < -0.4 is 11.5 Å². The Balaban J connectivity index is 2.18. The number of aromatic nitrogens is 3. The van der Waals surface area contributed by atoms with Crippen LogP contribution in [0.15, 0.2) is 34.4 Å². The molecule has 0 aliphatic carbocycles. The van der Waals surface area contributed by atoms with E-state index in [0.29, 0.717) is 22.5 Å². The van der Waals surface area contributed by atoms with Crippen LogP contribution in [0.2, 0.25) is 0 Å². The van der Waals surface area contributed by atoms with Crippen molar-refractivity contribution >= 4 is 23.4 Å². The molecule has 1 atom stereocenters. The summed E-state index contributed by atoms with van der Waals surface area (Å²) >= 11 is 1.31. The molecule has 18 heavy (non-hydrogen) atoms. The fraction of sp³-hybridized carbons (Fsp3) is 0.182. The van der Waals surface area contributed by atoms with Crippen LogP contribution in [-0.4, -0.2) is 20.1 Å². The highest BCUT2D eigenvalue weighted by Gasteiger charge is 2.06. The largest absolute Gasteiger partial charge is 0.387 e. The molecule has 0 aliphatic heterocycles. The number of aliphatic hydroxyl groups is 1. The first kappa shape index (κ1) is 12.6. The highest BCUT2D eigenvalue weighted by atomic mass is 32.2. The summed E-state index contributed by atoms with van der Waals surface area (Å²) in [5, 5.41) is 9.82. The van der Waals surface area contributed by atoms with E-state index in [1.807, 2.05) is 6.07 Å².